The first-order chi connectivity index (χ1) is 11.1. The number of para-hydroxylation sites is 1. The third-order valence-corrected chi connectivity index (χ3v) is 3.90. The third-order valence-electron chi connectivity index (χ3n) is 3.90. The van der Waals surface area contributed by atoms with Gasteiger partial charge in [0.05, 0.1) is 0 Å². The quantitative estimate of drug-likeness (QED) is 0.757. The number of aliphatic hydroxyl groups is 1. The second-order valence-electron chi connectivity index (χ2n) is 6.16. The van der Waals surface area contributed by atoms with Crippen LogP contribution in [0, 0.1) is 0 Å². The molecule has 1 N–H and O–H groups in total. The van der Waals surface area contributed by atoms with Crippen LogP contribution < -0.4 is 4.74 Å². The first kappa shape index (κ1) is 17.5. The lowest BCUT2D eigenvalue weighted by molar-refractivity contribution is -0.0353. The van der Waals surface area contributed by atoms with E-state index >= 15 is 0 Å². The molecule has 0 radical (unpaired) electrons. The maximum atomic E-state index is 9.89. The zero-order chi connectivity index (χ0) is 16.7. The summed E-state index contributed by atoms with van der Waals surface area (Å²) in [5, 5.41) is 9.89. The fraction of sp³-hybridized carbons (Fsp3) is 0.400. The normalized spacial score (nSPS) is 13.8. The topological polar surface area (TPSA) is 32.7 Å². The molecule has 2 unspecified atom stereocenters. The van der Waals surface area contributed by atoms with E-state index < -0.39 is 6.10 Å². The van der Waals surface area contributed by atoms with Crippen LogP contribution in [0.5, 0.6) is 5.75 Å². The summed E-state index contributed by atoms with van der Waals surface area (Å²) in [5.41, 5.74) is 2.55. The molecule has 0 aliphatic carbocycles. The van der Waals surface area contributed by atoms with Crippen LogP contribution in [-0.4, -0.2) is 36.4 Å². The van der Waals surface area contributed by atoms with E-state index in [1.54, 1.807) is 6.92 Å². The molecular weight excluding hydrogens is 286 g/mol. The van der Waals surface area contributed by atoms with Gasteiger partial charge >= 0.3 is 0 Å². The van der Waals surface area contributed by atoms with Gasteiger partial charge in [0.1, 0.15) is 11.9 Å². The number of rotatable bonds is 8. The van der Waals surface area contributed by atoms with Gasteiger partial charge in [-0.3, -0.25) is 4.90 Å². The molecule has 0 fully saturated rings. The molecule has 0 saturated carbocycles. The zero-order valence-electron chi connectivity index (χ0n) is 14.3. The third kappa shape index (κ3) is 5.38. The van der Waals surface area contributed by atoms with E-state index in [2.05, 4.69) is 30.3 Å². The summed E-state index contributed by atoms with van der Waals surface area (Å²) >= 11 is 0. The second kappa shape index (κ2) is 8.70. The molecule has 2 aromatic carbocycles. The Bertz CT molecular complexity index is 573. The summed E-state index contributed by atoms with van der Waals surface area (Å²) < 4.78 is 6.05. The number of likely N-dealkylation sites (N-methyl/N-ethyl adjacent to an activating group) is 1. The van der Waals surface area contributed by atoms with Crippen molar-refractivity contribution in [3.05, 3.63) is 65.7 Å². The summed E-state index contributed by atoms with van der Waals surface area (Å²) in [5.74, 6) is 0.861. The van der Waals surface area contributed by atoms with Crippen molar-refractivity contribution < 1.29 is 9.84 Å². The molecule has 124 valence electrons. The largest absolute Gasteiger partial charge is 0.472 e. The highest BCUT2D eigenvalue weighted by atomic mass is 16.5. The van der Waals surface area contributed by atoms with Crippen LogP contribution in [0.2, 0.25) is 0 Å². The Morgan fingerprint density at radius 1 is 0.957 bits per heavy atom. The van der Waals surface area contributed by atoms with Crippen LogP contribution in [0.25, 0.3) is 0 Å². The fourth-order valence-electron chi connectivity index (χ4n) is 2.72. The predicted octanol–water partition coefficient (Wildman–Crippen LogP) is 3.51. The van der Waals surface area contributed by atoms with E-state index in [9.17, 15) is 5.11 Å². The minimum Gasteiger partial charge on any atom is -0.472 e. The van der Waals surface area contributed by atoms with Crippen molar-refractivity contribution in [2.75, 3.05) is 14.1 Å². The number of benzene rings is 2. The Morgan fingerprint density at radius 3 is 2.26 bits per heavy atom. The maximum Gasteiger partial charge on any atom is 0.177 e. The van der Waals surface area contributed by atoms with Gasteiger partial charge in [0.25, 0.3) is 0 Å². The van der Waals surface area contributed by atoms with Crippen molar-refractivity contribution in [1.29, 1.82) is 0 Å². The second-order valence-corrected chi connectivity index (χ2v) is 6.16. The molecule has 0 spiro atoms. The Morgan fingerprint density at radius 2 is 1.61 bits per heavy atom. The first-order valence-corrected chi connectivity index (χ1v) is 8.21. The molecular formula is C20H27NO2. The predicted molar refractivity (Wildman–Crippen MR) is 94.7 cm³/mol. The first-order valence-electron chi connectivity index (χ1n) is 8.21. The van der Waals surface area contributed by atoms with Crippen molar-refractivity contribution in [1.82, 2.24) is 4.90 Å². The van der Waals surface area contributed by atoms with E-state index in [0.717, 1.165) is 25.0 Å². The molecule has 0 aromatic heterocycles. The van der Waals surface area contributed by atoms with Gasteiger partial charge in [-0.15, -0.1) is 0 Å². The van der Waals surface area contributed by atoms with Gasteiger partial charge in [0.2, 0.25) is 0 Å². The smallest absolute Gasteiger partial charge is 0.177 e. The number of hydrogen-bond acceptors (Lipinski definition) is 3. The standard InChI is InChI=1S/C20H27NO2/c1-16(22)20(21(2)3)23-19-15-8-7-13-18(19)14-9-12-17-10-5-4-6-11-17/h4-8,10-11,13,15-16,20,22H,9,12,14H2,1-3H3. The molecule has 2 rings (SSSR count). The van der Waals surface area contributed by atoms with E-state index in [0.29, 0.717) is 0 Å². The minimum absolute atomic E-state index is 0.342. The zero-order valence-corrected chi connectivity index (χ0v) is 14.3. The monoisotopic (exact) mass is 313 g/mol. The van der Waals surface area contributed by atoms with Crippen LogP contribution >= 0.6 is 0 Å². The Balaban J connectivity index is 1.99. The summed E-state index contributed by atoms with van der Waals surface area (Å²) in [7, 11) is 3.82. The molecule has 23 heavy (non-hydrogen) atoms. The van der Waals surface area contributed by atoms with Crippen LogP contribution in [0.15, 0.2) is 54.6 Å². The Kier molecular flexibility index (Phi) is 6.63. The van der Waals surface area contributed by atoms with Gasteiger partial charge in [0.15, 0.2) is 6.23 Å². The van der Waals surface area contributed by atoms with Crippen molar-refractivity contribution in [3.8, 4) is 5.75 Å². The van der Waals surface area contributed by atoms with Crippen molar-refractivity contribution in [2.45, 2.75) is 38.5 Å². The van der Waals surface area contributed by atoms with E-state index in [4.69, 9.17) is 4.74 Å². The van der Waals surface area contributed by atoms with E-state index in [1.807, 2.05) is 43.3 Å². The van der Waals surface area contributed by atoms with Crippen LogP contribution in [-0.2, 0) is 12.8 Å². The summed E-state index contributed by atoms with van der Waals surface area (Å²) in [6.07, 6.45) is 2.20. The molecule has 0 saturated heterocycles. The van der Waals surface area contributed by atoms with Crippen molar-refractivity contribution in [3.63, 3.8) is 0 Å². The highest BCUT2D eigenvalue weighted by Crippen LogP contribution is 2.23. The number of nitrogens with zero attached hydrogens (tertiary/aromatic N) is 1. The molecule has 2 aromatic rings. The average Bonchev–Trinajstić information content (AvgIpc) is 2.54. The lowest BCUT2D eigenvalue weighted by atomic mass is 10.0. The summed E-state index contributed by atoms with van der Waals surface area (Å²) in [4.78, 5) is 1.89. The summed E-state index contributed by atoms with van der Waals surface area (Å²) in [6.45, 7) is 1.75. The molecule has 3 heteroatoms. The van der Waals surface area contributed by atoms with E-state index in [1.165, 1.54) is 11.1 Å². The summed E-state index contributed by atoms with van der Waals surface area (Å²) in [6, 6.07) is 18.6. The molecule has 0 aliphatic rings. The lowest BCUT2D eigenvalue weighted by Crippen LogP contribution is -2.42. The van der Waals surface area contributed by atoms with Gasteiger partial charge in [0, 0.05) is 0 Å². The molecule has 0 heterocycles. The van der Waals surface area contributed by atoms with E-state index in [-0.39, 0.29) is 6.23 Å². The Labute approximate surface area is 139 Å². The molecule has 0 bridgehead atoms. The maximum absolute atomic E-state index is 9.89. The van der Waals surface area contributed by atoms with Gasteiger partial charge in [-0.25, -0.2) is 0 Å². The average molecular weight is 313 g/mol. The number of hydrogen-bond donors (Lipinski definition) is 1. The van der Waals surface area contributed by atoms with Crippen LogP contribution in [0.3, 0.4) is 0 Å². The lowest BCUT2D eigenvalue weighted by Gasteiger charge is -2.28. The molecule has 2 atom stereocenters. The van der Waals surface area contributed by atoms with Crippen LogP contribution in [0.4, 0.5) is 0 Å². The number of aliphatic hydroxyl groups excluding tert-OH is 1. The number of ether oxygens (including phenoxy) is 1. The SMILES string of the molecule is CC(O)C(Oc1ccccc1CCCc1ccccc1)N(C)C. The van der Waals surface area contributed by atoms with Gasteiger partial charge in [-0.1, -0.05) is 48.5 Å². The molecule has 3 nitrogen and oxygen atoms in total. The highest BCUT2D eigenvalue weighted by Gasteiger charge is 2.20. The Hall–Kier alpha value is -1.84. The van der Waals surface area contributed by atoms with Crippen LogP contribution in [0.1, 0.15) is 24.5 Å². The van der Waals surface area contributed by atoms with Crippen molar-refractivity contribution in [2.24, 2.45) is 0 Å². The van der Waals surface area contributed by atoms with Gasteiger partial charge in [-0.2, -0.15) is 0 Å². The molecule has 0 amide bonds. The highest BCUT2D eigenvalue weighted by molar-refractivity contribution is 5.33. The van der Waals surface area contributed by atoms with Gasteiger partial charge < -0.3 is 9.84 Å². The number of aryl methyl sites for hydroxylation is 2. The van der Waals surface area contributed by atoms with Crippen molar-refractivity contribution >= 4 is 0 Å². The minimum atomic E-state index is -0.553. The fourth-order valence-corrected chi connectivity index (χ4v) is 2.72. The van der Waals surface area contributed by atoms with Gasteiger partial charge in [-0.05, 0) is 57.5 Å². The molecule has 0 aliphatic heterocycles.